The van der Waals surface area contributed by atoms with Crippen LogP contribution in [0.1, 0.15) is 22.3 Å². The smallest absolute Gasteiger partial charge is 0.121 e. The Bertz CT molecular complexity index is 537. The second-order valence-electron chi connectivity index (χ2n) is 5.04. The third kappa shape index (κ3) is 3.58. The predicted molar refractivity (Wildman–Crippen MR) is 76.3 cm³/mol. The number of aromatic nitrogens is 2. The molecule has 0 fully saturated rings. The zero-order valence-electron chi connectivity index (χ0n) is 11.8. The molecule has 0 unspecified atom stereocenters. The van der Waals surface area contributed by atoms with Gasteiger partial charge in [0.25, 0.3) is 0 Å². The topological polar surface area (TPSA) is 50.1 Å². The molecular formula is C15H21N3O. The molecule has 0 bridgehead atoms. The average Bonchev–Trinajstić information content (AvgIpc) is 2.77. The van der Waals surface area contributed by atoms with Gasteiger partial charge in [-0.15, -0.1) is 0 Å². The van der Waals surface area contributed by atoms with Crippen LogP contribution in [0, 0.1) is 20.8 Å². The Kier molecular flexibility index (Phi) is 4.22. The molecule has 0 aliphatic carbocycles. The lowest BCUT2D eigenvalue weighted by molar-refractivity contribution is 0.466. The van der Waals surface area contributed by atoms with Gasteiger partial charge in [0, 0.05) is 19.3 Å². The molecule has 0 amide bonds. The first-order valence-corrected chi connectivity index (χ1v) is 6.55. The monoisotopic (exact) mass is 259 g/mol. The van der Waals surface area contributed by atoms with Gasteiger partial charge in [0.2, 0.25) is 0 Å². The normalized spacial score (nSPS) is 10.9. The Labute approximate surface area is 114 Å². The number of phenolic OH excluding ortho intramolecular Hbond substituents is 1. The van der Waals surface area contributed by atoms with Crippen molar-refractivity contribution in [1.29, 1.82) is 0 Å². The molecule has 1 aromatic carbocycles. The maximum Gasteiger partial charge on any atom is 0.121 e. The number of rotatable bonds is 5. The molecule has 1 aromatic heterocycles. The van der Waals surface area contributed by atoms with Crippen molar-refractivity contribution in [2.24, 2.45) is 0 Å². The number of benzene rings is 1. The average molecular weight is 259 g/mol. The van der Waals surface area contributed by atoms with E-state index in [2.05, 4.69) is 10.4 Å². The molecule has 0 saturated heterocycles. The molecule has 19 heavy (non-hydrogen) atoms. The van der Waals surface area contributed by atoms with Crippen molar-refractivity contribution >= 4 is 0 Å². The Morgan fingerprint density at radius 2 is 1.89 bits per heavy atom. The third-order valence-corrected chi connectivity index (χ3v) is 3.16. The van der Waals surface area contributed by atoms with E-state index in [0.29, 0.717) is 5.75 Å². The highest BCUT2D eigenvalue weighted by molar-refractivity contribution is 5.42. The van der Waals surface area contributed by atoms with Crippen molar-refractivity contribution in [1.82, 2.24) is 15.1 Å². The van der Waals surface area contributed by atoms with Gasteiger partial charge in [0.1, 0.15) is 5.75 Å². The van der Waals surface area contributed by atoms with Crippen molar-refractivity contribution < 1.29 is 5.11 Å². The second-order valence-corrected chi connectivity index (χ2v) is 5.04. The van der Waals surface area contributed by atoms with Crippen LogP contribution in [0.25, 0.3) is 0 Å². The zero-order valence-corrected chi connectivity index (χ0v) is 11.8. The fourth-order valence-corrected chi connectivity index (χ4v) is 2.16. The summed E-state index contributed by atoms with van der Waals surface area (Å²) >= 11 is 0. The van der Waals surface area contributed by atoms with Crippen LogP contribution in [0.3, 0.4) is 0 Å². The van der Waals surface area contributed by atoms with Gasteiger partial charge in [0.15, 0.2) is 0 Å². The summed E-state index contributed by atoms with van der Waals surface area (Å²) in [6.07, 6.45) is 3.91. The van der Waals surface area contributed by atoms with E-state index in [1.54, 1.807) is 0 Å². The molecule has 1 heterocycles. The summed E-state index contributed by atoms with van der Waals surface area (Å²) in [7, 11) is 0. The quantitative estimate of drug-likeness (QED) is 0.810. The number of hydrogen-bond donors (Lipinski definition) is 2. The molecule has 2 aromatic rings. The van der Waals surface area contributed by atoms with Gasteiger partial charge < -0.3 is 10.4 Å². The molecule has 0 aliphatic rings. The van der Waals surface area contributed by atoms with Crippen LogP contribution in [0.2, 0.25) is 0 Å². The number of nitrogens with one attached hydrogen (secondary N) is 1. The highest BCUT2D eigenvalue weighted by Gasteiger charge is 2.03. The highest BCUT2D eigenvalue weighted by atomic mass is 16.3. The molecular weight excluding hydrogens is 238 g/mol. The van der Waals surface area contributed by atoms with Gasteiger partial charge >= 0.3 is 0 Å². The fourth-order valence-electron chi connectivity index (χ4n) is 2.16. The first-order chi connectivity index (χ1) is 9.06. The van der Waals surface area contributed by atoms with Crippen LogP contribution in [0.5, 0.6) is 5.75 Å². The Morgan fingerprint density at radius 1 is 1.21 bits per heavy atom. The van der Waals surface area contributed by atoms with E-state index < -0.39 is 0 Å². The minimum Gasteiger partial charge on any atom is -0.507 e. The number of phenols is 1. The summed E-state index contributed by atoms with van der Waals surface area (Å²) in [5, 5.41) is 17.4. The predicted octanol–water partition coefficient (Wildman–Crippen LogP) is 2.30. The van der Waals surface area contributed by atoms with E-state index in [4.69, 9.17) is 0 Å². The van der Waals surface area contributed by atoms with Gasteiger partial charge in [-0.05, 0) is 43.0 Å². The Hall–Kier alpha value is -1.81. The van der Waals surface area contributed by atoms with Crippen LogP contribution >= 0.6 is 0 Å². The molecule has 0 aliphatic heterocycles. The first-order valence-electron chi connectivity index (χ1n) is 6.55. The van der Waals surface area contributed by atoms with Gasteiger partial charge in [0.05, 0.1) is 12.7 Å². The van der Waals surface area contributed by atoms with Crippen molar-refractivity contribution in [2.45, 2.75) is 33.9 Å². The van der Waals surface area contributed by atoms with E-state index in [-0.39, 0.29) is 0 Å². The lowest BCUT2D eigenvalue weighted by Gasteiger charge is -2.09. The van der Waals surface area contributed by atoms with Crippen LogP contribution in [0.15, 0.2) is 24.5 Å². The van der Waals surface area contributed by atoms with Gasteiger partial charge in [-0.25, -0.2) is 0 Å². The van der Waals surface area contributed by atoms with Crippen LogP contribution < -0.4 is 5.32 Å². The Morgan fingerprint density at radius 3 is 2.47 bits per heavy atom. The first kappa shape index (κ1) is 13.6. The number of aromatic hydroxyl groups is 1. The molecule has 0 saturated carbocycles. The lowest BCUT2D eigenvalue weighted by Crippen LogP contribution is -2.19. The van der Waals surface area contributed by atoms with Crippen molar-refractivity contribution in [2.75, 3.05) is 6.54 Å². The van der Waals surface area contributed by atoms with E-state index in [1.807, 2.05) is 50.0 Å². The summed E-state index contributed by atoms with van der Waals surface area (Å²) in [4.78, 5) is 0. The minimum atomic E-state index is 0.399. The van der Waals surface area contributed by atoms with E-state index in [1.165, 1.54) is 11.1 Å². The zero-order chi connectivity index (χ0) is 13.8. The molecule has 4 heteroatoms. The maximum absolute atomic E-state index is 9.72. The molecule has 2 N–H and O–H groups in total. The summed E-state index contributed by atoms with van der Waals surface area (Å²) in [5.41, 5.74) is 4.24. The number of aryl methyl sites for hydroxylation is 3. The maximum atomic E-state index is 9.72. The SMILES string of the molecule is Cc1cnn(CCNCc2cc(C)c(O)c(C)c2)c1. The highest BCUT2D eigenvalue weighted by Crippen LogP contribution is 2.22. The number of hydrogen-bond acceptors (Lipinski definition) is 3. The Balaban J connectivity index is 1.83. The molecule has 2 rings (SSSR count). The van der Waals surface area contributed by atoms with Crippen LogP contribution in [-0.2, 0) is 13.1 Å². The summed E-state index contributed by atoms with van der Waals surface area (Å²) in [6, 6.07) is 4.04. The van der Waals surface area contributed by atoms with Gasteiger partial charge in [-0.2, -0.15) is 5.10 Å². The van der Waals surface area contributed by atoms with Crippen molar-refractivity contribution in [3.05, 3.63) is 46.8 Å². The van der Waals surface area contributed by atoms with Crippen molar-refractivity contribution in [3.8, 4) is 5.75 Å². The summed E-state index contributed by atoms with van der Waals surface area (Å²) < 4.78 is 1.94. The standard InChI is InChI=1S/C15H21N3O/c1-11-8-17-18(10-11)5-4-16-9-14-6-12(2)15(19)13(3)7-14/h6-8,10,16,19H,4-5,9H2,1-3H3. The summed E-state index contributed by atoms with van der Waals surface area (Å²) in [5.74, 6) is 0.399. The lowest BCUT2D eigenvalue weighted by atomic mass is 10.1. The third-order valence-electron chi connectivity index (χ3n) is 3.16. The van der Waals surface area contributed by atoms with Crippen LogP contribution in [0.4, 0.5) is 0 Å². The molecule has 0 atom stereocenters. The second kappa shape index (κ2) is 5.89. The fraction of sp³-hybridized carbons (Fsp3) is 0.400. The van der Waals surface area contributed by atoms with Gasteiger partial charge in [-0.3, -0.25) is 4.68 Å². The van der Waals surface area contributed by atoms with E-state index in [9.17, 15) is 5.11 Å². The molecule has 0 radical (unpaired) electrons. The van der Waals surface area contributed by atoms with Gasteiger partial charge in [-0.1, -0.05) is 12.1 Å². The molecule has 102 valence electrons. The van der Waals surface area contributed by atoms with E-state index >= 15 is 0 Å². The summed E-state index contributed by atoms with van der Waals surface area (Å²) in [6.45, 7) is 8.45. The number of nitrogens with zero attached hydrogens (tertiary/aromatic N) is 2. The van der Waals surface area contributed by atoms with Crippen molar-refractivity contribution in [3.63, 3.8) is 0 Å². The molecule has 4 nitrogen and oxygen atoms in total. The van der Waals surface area contributed by atoms with Crippen LogP contribution in [-0.4, -0.2) is 21.4 Å². The largest absolute Gasteiger partial charge is 0.507 e. The van der Waals surface area contributed by atoms with E-state index in [0.717, 1.165) is 30.8 Å². The molecule has 0 spiro atoms. The minimum absolute atomic E-state index is 0.399.